The van der Waals surface area contributed by atoms with Crippen molar-refractivity contribution < 1.29 is 4.18 Å². The van der Waals surface area contributed by atoms with Crippen LogP contribution in [0.5, 0.6) is 0 Å². The molecule has 0 aliphatic heterocycles. The molecule has 1 rings (SSSR count). The maximum Gasteiger partial charge on any atom is 0.110 e. The lowest BCUT2D eigenvalue weighted by atomic mass is 10.5. The molecule has 0 aromatic carbocycles. The summed E-state index contributed by atoms with van der Waals surface area (Å²) in [7, 11) is 0. The zero-order valence-electron chi connectivity index (χ0n) is 6.65. The molecule has 0 amide bonds. The van der Waals surface area contributed by atoms with E-state index < -0.39 is 0 Å². The van der Waals surface area contributed by atoms with Gasteiger partial charge in [0.25, 0.3) is 0 Å². The van der Waals surface area contributed by atoms with Crippen LogP contribution in [0.1, 0.15) is 12.6 Å². The highest BCUT2D eigenvalue weighted by molar-refractivity contribution is 7.93. The van der Waals surface area contributed by atoms with Gasteiger partial charge in [-0.1, -0.05) is 5.21 Å². The first kappa shape index (κ1) is 8.55. The maximum atomic E-state index is 5.08. The number of rotatable bonds is 4. The number of nitrogens with zero attached hydrogens (tertiary/aromatic N) is 3. The molecule has 4 nitrogen and oxygen atoms in total. The van der Waals surface area contributed by atoms with Crippen molar-refractivity contribution in [1.29, 1.82) is 0 Å². The molecule has 5 heteroatoms. The smallest absolute Gasteiger partial charge is 0.110 e. The third kappa shape index (κ3) is 2.51. The third-order valence-electron chi connectivity index (χ3n) is 1.23. The van der Waals surface area contributed by atoms with E-state index in [1.54, 1.807) is 4.68 Å². The van der Waals surface area contributed by atoms with Crippen LogP contribution in [-0.2, 0) is 17.3 Å². The standard InChI is InChI=1S/C6H11N3OS/c1-3-9-4-6(7-8-9)5-10-11-2/h4H,3,5H2,1-2H3. The molecule has 0 saturated heterocycles. The molecule has 0 atom stereocenters. The molecule has 0 aliphatic rings. The Morgan fingerprint density at radius 2 is 2.55 bits per heavy atom. The van der Waals surface area contributed by atoms with E-state index in [9.17, 15) is 0 Å². The summed E-state index contributed by atoms with van der Waals surface area (Å²) in [5, 5.41) is 7.76. The van der Waals surface area contributed by atoms with Crippen LogP contribution in [0, 0.1) is 0 Å². The largest absolute Gasteiger partial charge is 0.309 e. The summed E-state index contributed by atoms with van der Waals surface area (Å²) in [5.74, 6) is 0. The Morgan fingerprint density at radius 1 is 1.73 bits per heavy atom. The number of aryl methyl sites for hydroxylation is 1. The molecular formula is C6H11N3OS. The van der Waals surface area contributed by atoms with Crippen LogP contribution in [0.2, 0.25) is 0 Å². The Hall–Kier alpha value is -0.550. The van der Waals surface area contributed by atoms with Gasteiger partial charge in [0.05, 0.1) is 6.20 Å². The van der Waals surface area contributed by atoms with E-state index in [0.29, 0.717) is 6.61 Å². The Balaban J connectivity index is 2.44. The normalized spacial score (nSPS) is 10.4. The Kier molecular flexibility index (Phi) is 3.38. The lowest BCUT2D eigenvalue weighted by Crippen LogP contribution is -1.93. The second-order valence-corrected chi connectivity index (χ2v) is 2.56. The van der Waals surface area contributed by atoms with E-state index in [0.717, 1.165) is 12.2 Å². The van der Waals surface area contributed by atoms with Crippen LogP contribution in [0.4, 0.5) is 0 Å². The first-order valence-electron chi connectivity index (χ1n) is 3.41. The van der Waals surface area contributed by atoms with Crippen LogP contribution in [0.3, 0.4) is 0 Å². The van der Waals surface area contributed by atoms with Gasteiger partial charge in [-0.25, -0.2) is 0 Å². The van der Waals surface area contributed by atoms with Crippen molar-refractivity contribution >= 4 is 12.0 Å². The van der Waals surface area contributed by atoms with Gasteiger partial charge in [0.1, 0.15) is 12.3 Å². The number of hydrogen-bond acceptors (Lipinski definition) is 4. The van der Waals surface area contributed by atoms with Gasteiger partial charge in [0, 0.05) is 12.8 Å². The lowest BCUT2D eigenvalue weighted by Gasteiger charge is -1.92. The summed E-state index contributed by atoms with van der Waals surface area (Å²) in [4.78, 5) is 0. The van der Waals surface area contributed by atoms with E-state index >= 15 is 0 Å². The van der Waals surface area contributed by atoms with Crippen LogP contribution >= 0.6 is 12.0 Å². The highest BCUT2D eigenvalue weighted by atomic mass is 32.2. The van der Waals surface area contributed by atoms with Crippen molar-refractivity contribution in [1.82, 2.24) is 15.0 Å². The van der Waals surface area contributed by atoms with E-state index in [2.05, 4.69) is 10.3 Å². The fourth-order valence-corrected chi connectivity index (χ4v) is 0.917. The summed E-state index contributed by atoms with van der Waals surface area (Å²) in [6.07, 6.45) is 3.76. The van der Waals surface area contributed by atoms with Gasteiger partial charge >= 0.3 is 0 Å². The minimum absolute atomic E-state index is 0.529. The summed E-state index contributed by atoms with van der Waals surface area (Å²) < 4.78 is 6.86. The third-order valence-corrected chi connectivity index (χ3v) is 1.59. The number of aromatic nitrogens is 3. The molecule has 0 aliphatic carbocycles. The summed E-state index contributed by atoms with van der Waals surface area (Å²) in [5.41, 5.74) is 0.876. The van der Waals surface area contributed by atoms with Crippen molar-refractivity contribution in [2.45, 2.75) is 20.1 Å². The van der Waals surface area contributed by atoms with Crippen LogP contribution < -0.4 is 0 Å². The van der Waals surface area contributed by atoms with Crippen molar-refractivity contribution in [2.75, 3.05) is 6.26 Å². The highest BCUT2D eigenvalue weighted by Crippen LogP contribution is 2.02. The van der Waals surface area contributed by atoms with Crippen LogP contribution in [0.25, 0.3) is 0 Å². The molecular weight excluding hydrogens is 162 g/mol. The summed E-state index contributed by atoms with van der Waals surface area (Å²) in [6, 6.07) is 0. The monoisotopic (exact) mass is 173 g/mol. The van der Waals surface area contributed by atoms with Gasteiger partial charge < -0.3 is 4.18 Å². The molecule has 0 N–H and O–H groups in total. The molecule has 0 spiro atoms. The topological polar surface area (TPSA) is 39.9 Å². The average Bonchev–Trinajstić information content (AvgIpc) is 2.48. The van der Waals surface area contributed by atoms with Gasteiger partial charge in [-0.15, -0.1) is 5.10 Å². The second kappa shape index (κ2) is 4.35. The van der Waals surface area contributed by atoms with E-state index in [4.69, 9.17) is 4.18 Å². The zero-order chi connectivity index (χ0) is 8.10. The Morgan fingerprint density at radius 3 is 3.09 bits per heavy atom. The van der Waals surface area contributed by atoms with Gasteiger partial charge in [0.15, 0.2) is 0 Å². The van der Waals surface area contributed by atoms with Crippen molar-refractivity contribution in [3.05, 3.63) is 11.9 Å². The zero-order valence-corrected chi connectivity index (χ0v) is 7.47. The summed E-state index contributed by atoms with van der Waals surface area (Å²) >= 11 is 1.34. The molecule has 1 heterocycles. The molecule has 0 fully saturated rings. The summed E-state index contributed by atoms with van der Waals surface area (Å²) in [6.45, 7) is 3.40. The second-order valence-electron chi connectivity index (χ2n) is 1.99. The van der Waals surface area contributed by atoms with Crippen LogP contribution in [0.15, 0.2) is 6.20 Å². The van der Waals surface area contributed by atoms with Crippen molar-refractivity contribution in [2.24, 2.45) is 0 Å². The predicted molar refractivity (Wildman–Crippen MR) is 44.0 cm³/mol. The minimum atomic E-state index is 0.529. The van der Waals surface area contributed by atoms with Crippen LogP contribution in [-0.4, -0.2) is 21.2 Å². The molecule has 62 valence electrons. The molecule has 0 unspecified atom stereocenters. The molecule has 0 bridgehead atoms. The van der Waals surface area contributed by atoms with Gasteiger partial charge in [-0.2, -0.15) is 0 Å². The van der Waals surface area contributed by atoms with Gasteiger partial charge in [-0.05, 0) is 19.0 Å². The lowest BCUT2D eigenvalue weighted by molar-refractivity contribution is 0.359. The Labute approximate surface area is 70.1 Å². The average molecular weight is 173 g/mol. The van der Waals surface area contributed by atoms with Crippen molar-refractivity contribution in [3.63, 3.8) is 0 Å². The molecule has 0 radical (unpaired) electrons. The van der Waals surface area contributed by atoms with E-state index in [-0.39, 0.29) is 0 Å². The van der Waals surface area contributed by atoms with E-state index in [1.165, 1.54) is 12.0 Å². The first-order valence-corrected chi connectivity index (χ1v) is 4.56. The molecule has 1 aromatic heterocycles. The molecule has 0 saturated carbocycles. The van der Waals surface area contributed by atoms with Crippen molar-refractivity contribution in [3.8, 4) is 0 Å². The highest BCUT2D eigenvalue weighted by Gasteiger charge is 1.97. The maximum absolute atomic E-state index is 5.08. The number of hydrogen-bond donors (Lipinski definition) is 0. The fourth-order valence-electron chi connectivity index (χ4n) is 0.679. The van der Waals surface area contributed by atoms with E-state index in [1.807, 2.05) is 19.4 Å². The van der Waals surface area contributed by atoms with Gasteiger partial charge in [0.2, 0.25) is 0 Å². The van der Waals surface area contributed by atoms with Gasteiger partial charge in [-0.3, -0.25) is 4.68 Å². The fraction of sp³-hybridized carbons (Fsp3) is 0.667. The molecule has 1 aromatic rings. The minimum Gasteiger partial charge on any atom is -0.309 e. The predicted octanol–water partition coefficient (Wildman–Crippen LogP) is 1.09. The SMILES string of the molecule is CCn1cc(COSC)nn1. The first-order chi connectivity index (χ1) is 5.36. The molecule has 11 heavy (non-hydrogen) atoms. The Bertz CT molecular complexity index is 213. The quantitative estimate of drug-likeness (QED) is 0.639.